The molecule has 1 aliphatic rings. The van der Waals surface area contributed by atoms with Crippen molar-refractivity contribution >= 4 is 17.6 Å². The first-order valence-electron chi connectivity index (χ1n) is 11.6. The largest absolute Gasteiger partial charge is 0.462 e. The minimum Gasteiger partial charge on any atom is -0.462 e. The first kappa shape index (κ1) is 28.6. The van der Waals surface area contributed by atoms with Gasteiger partial charge in [0.25, 0.3) is 5.56 Å². The Balaban J connectivity index is 2.31. The van der Waals surface area contributed by atoms with Gasteiger partial charge in [-0.05, 0) is 64.0 Å². The Kier molecular flexibility index (Phi) is 7.58. The molecule has 0 spiro atoms. The van der Waals surface area contributed by atoms with E-state index in [0.29, 0.717) is 22.7 Å². The molecule has 1 aromatic carbocycles. The van der Waals surface area contributed by atoms with Gasteiger partial charge in [-0.25, -0.2) is 14.0 Å². The molecule has 8 nitrogen and oxygen atoms in total. The number of carbonyl (C=O) groups is 2. The molecule has 1 amide bonds. The number of fused-ring (bicyclic) bond motifs is 1. The SMILES string of the molecule is C/C=C(Cn1c(=O)c(C(=O)OCC)cn(-c2ccc3c(c2)C(C)(C)C(=O)N3C)c1=O)\C(=C(/C)F)C(F)(F)F. The Morgan fingerprint density at radius 3 is 2.32 bits per heavy atom. The van der Waals surface area contributed by atoms with Crippen LogP contribution in [-0.2, 0) is 21.5 Å². The highest BCUT2D eigenvalue weighted by Crippen LogP contribution is 2.41. The molecular formula is C26H27F4N3O5. The molecule has 2 aromatic rings. The number of hydrogen-bond donors (Lipinski definition) is 0. The summed E-state index contributed by atoms with van der Waals surface area (Å²) in [6.07, 6.45) is -3.21. The number of benzene rings is 1. The van der Waals surface area contributed by atoms with Crippen molar-refractivity contribution < 1.29 is 31.9 Å². The van der Waals surface area contributed by atoms with Gasteiger partial charge in [0, 0.05) is 18.9 Å². The van der Waals surface area contributed by atoms with Gasteiger partial charge in [0.05, 0.1) is 29.8 Å². The summed E-state index contributed by atoms with van der Waals surface area (Å²) in [6.45, 7) is 5.63. The van der Waals surface area contributed by atoms with Crippen molar-refractivity contribution in [2.45, 2.75) is 52.8 Å². The number of ether oxygens (including phenoxy) is 1. The van der Waals surface area contributed by atoms with Gasteiger partial charge in [0.15, 0.2) is 0 Å². The van der Waals surface area contributed by atoms with Crippen LogP contribution >= 0.6 is 0 Å². The molecule has 0 saturated heterocycles. The Labute approximate surface area is 215 Å². The molecule has 1 aliphatic heterocycles. The minimum absolute atomic E-state index is 0.110. The molecule has 0 radical (unpaired) electrons. The summed E-state index contributed by atoms with van der Waals surface area (Å²) in [5.74, 6) is -2.83. The van der Waals surface area contributed by atoms with Gasteiger partial charge in [-0.15, -0.1) is 0 Å². The molecule has 0 bridgehead atoms. The van der Waals surface area contributed by atoms with E-state index in [2.05, 4.69) is 0 Å². The van der Waals surface area contributed by atoms with Crippen LogP contribution in [0.15, 0.2) is 57.0 Å². The first-order valence-corrected chi connectivity index (χ1v) is 11.6. The highest BCUT2D eigenvalue weighted by Gasteiger charge is 2.42. The van der Waals surface area contributed by atoms with Crippen LogP contribution in [-0.4, -0.2) is 40.8 Å². The quantitative estimate of drug-likeness (QED) is 0.313. The van der Waals surface area contributed by atoms with Crippen molar-refractivity contribution in [2.75, 3.05) is 18.6 Å². The van der Waals surface area contributed by atoms with Crippen LogP contribution in [0.3, 0.4) is 0 Å². The fourth-order valence-electron chi connectivity index (χ4n) is 4.47. The van der Waals surface area contributed by atoms with Gasteiger partial charge in [0.2, 0.25) is 5.91 Å². The smallest absolute Gasteiger partial charge is 0.419 e. The van der Waals surface area contributed by atoms with E-state index in [4.69, 9.17) is 4.74 Å². The number of anilines is 1. The van der Waals surface area contributed by atoms with Gasteiger partial charge < -0.3 is 9.64 Å². The van der Waals surface area contributed by atoms with E-state index in [-0.39, 0.29) is 18.2 Å². The van der Waals surface area contributed by atoms with Crippen molar-refractivity contribution in [1.29, 1.82) is 0 Å². The summed E-state index contributed by atoms with van der Waals surface area (Å²) in [5.41, 5.74) is -4.82. The molecule has 0 fully saturated rings. The zero-order valence-corrected chi connectivity index (χ0v) is 21.7. The molecule has 204 valence electrons. The Morgan fingerprint density at radius 2 is 1.79 bits per heavy atom. The Hall–Kier alpha value is -3.96. The molecule has 38 heavy (non-hydrogen) atoms. The number of esters is 1. The molecule has 3 rings (SSSR count). The Bertz CT molecular complexity index is 1490. The lowest BCUT2D eigenvalue weighted by Gasteiger charge is -2.19. The van der Waals surface area contributed by atoms with Crippen molar-refractivity contribution in [2.24, 2.45) is 0 Å². The number of hydrogen-bond acceptors (Lipinski definition) is 5. The third-order valence-corrected chi connectivity index (χ3v) is 6.42. The molecule has 0 N–H and O–H groups in total. The van der Waals surface area contributed by atoms with Crippen molar-refractivity contribution in [1.82, 2.24) is 9.13 Å². The fraction of sp³-hybridized carbons (Fsp3) is 0.385. The normalized spacial score (nSPS) is 15.9. The van der Waals surface area contributed by atoms with E-state index in [1.54, 1.807) is 27.0 Å². The molecule has 12 heteroatoms. The second-order valence-electron chi connectivity index (χ2n) is 9.22. The van der Waals surface area contributed by atoms with E-state index < -0.39 is 57.9 Å². The maximum Gasteiger partial charge on any atom is 0.419 e. The number of aromatic nitrogens is 2. The third kappa shape index (κ3) is 4.82. The van der Waals surface area contributed by atoms with E-state index in [9.17, 15) is 36.7 Å². The molecule has 2 heterocycles. The molecule has 0 saturated carbocycles. The van der Waals surface area contributed by atoms with Crippen molar-refractivity contribution in [3.63, 3.8) is 0 Å². The standard InChI is InChI=1S/C26H27F4N3O5/c1-7-15(20(14(3)27)26(28,29)30)12-33-21(34)17(22(35)38-8-2)13-32(24(33)37)16-9-10-19-18(11-16)25(4,5)23(36)31(19)6/h7,9-11,13H,8,12H2,1-6H3/b15-7-,20-14-. The maximum absolute atomic E-state index is 14.0. The number of alkyl halides is 3. The number of carbonyl (C=O) groups excluding carboxylic acids is 2. The predicted octanol–water partition coefficient (Wildman–Crippen LogP) is 4.18. The molecule has 1 aromatic heterocycles. The summed E-state index contributed by atoms with van der Waals surface area (Å²) in [4.78, 5) is 53.3. The van der Waals surface area contributed by atoms with Gasteiger partial charge in [-0.1, -0.05) is 6.08 Å². The van der Waals surface area contributed by atoms with Crippen LogP contribution in [0.4, 0.5) is 23.2 Å². The van der Waals surface area contributed by atoms with Crippen molar-refractivity contribution in [3.05, 3.63) is 79.4 Å². The highest BCUT2D eigenvalue weighted by molar-refractivity contribution is 6.07. The van der Waals surface area contributed by atoms with Crippen LogP contribution in [0.25, 0.3) is 5.69 Å². The molecule has 0 unspecified atom stereocenters. The monoisotopic (exact) mass is 537 g/mol. The minimum atomic E-state index is -5.10. The zero-order valence-electron chi connectivity index (χ0n) is 21.7. The highest BCUT2D eigenvalue weighted by atomic mass is 19.4. The fourth-order valence-corrected chi connectivity index (χ4v) is 4.47. The van der Waals surface area contributed by atoms with Crippen molar-refractivity contribution in [3.8, 4) is 5.69 Å². The average molecular weight is 538 g/mol. The van der Waals surface area contributed by atoms with Gasteiger partial charge in [-0.3, -0.25) is 18.7 Å². The van der Waals surface area contributed by atoms with E-state index in [1.165, 1.54) is 30.9 Å². The number of rotatable bonds is 6. The molecule has 0 aliphatic carbocycles. The lowest BCUT2D eigenvalue weighted by atomic mass is 9.86. The summed E-state index contributed by atoms with van der Waals surface area (Å²) >= 11 is 0. The number of nitrogens with zero attached hydrogens (tertiary/aromatic N) is 3. The van der Waals surface area contributed by atoms with E-state index in [0.717, 1.165) is 16.8 Å². The number of allylic oxidation sites excluding steroid dienone is 4. The van der Waals surface area contributed by atoms with E-state index in [1.807, 2.05) is 0 Å². The number of amides is 1. The summed E-state index contributed by atoms with van der Waals surface area (Å²) in [5, 5.41) is 0. The van der Waals surface area contributed by atoms with Crippen LogP contribution in [0, 0.1) is 0 Å². The van der Waals surface area contributed by atoms with Crippen LogP contribution in [0.1, 0.15) is 50.5 Å². The van der Waals surface area contributed by atoms with E-state index >= 15 is 0 Å². The second-order valence-corrected chi connectivity index (χ2v) is 9.22. The summed E-state index contributed by atoms with van der Waals surface area (Å²) in [7, 11) is 1.60. The maximum atomic E-state index is 14.0. The number of likely N-dealkylation sites (N-methyl/N-ethyl adjacent to an activating group) is 1. The van der Waals surface area contributed by atoms with Crippen LogP contribution in [0.5, 0.6) is 0 Å². The predicted molar refractivity (Wildman–Crippen MR) is 132 cm³/mol. The zero-order chi connectivity index (χ0) is 28.7. The topological polar surface area (TPSA) is 90.6 Å². The van der Waals surface area contributed by atoms with Gasteiger partial charge in [0.1, 0.15) is 11.4 Å². The molecular weight excluding hydrogens is 510 g/mol. The lowest BCUT2D eigenvalue weighted by Crippen LogP contribution is -2.43. The Morgan fingerprint density at radius 1 is 1.16 bits per heavy atom. The average Bonchev–Trinajstić information content (AvgIpc) is 2.99. The number of halogens is 4. The lowest BCUT2D eigenvalue weighted by molar-refractivity contribution is -0.121. The van der Waals surface area contributed by atoms with Gasteiger partial charge in [-0.2, -0.15) is 13.2 Å². The van der Waals surface area contributed by atoms with Crippen LogP contribution < -0.4 is 16.1 Å². The summed E-state index contributed by atoms with van der Waals surface area (Å²) < 4.78 is 61.1. The first-order chi connectivity index (χ1) is 17.6. The summed E-state index contributed by atoms with van der Waals surface area (Å²) in [6, 6.07) is 4.58. The van der Waals surface area contributed by atoms with Gasteiger partial charge >= 0.3 is 17.8 Å². The third-order valence-electron chi connectivity index (χ3n) is 6.42. The second kappa shape index (κ2) is 10.1. The van der Waals surface area contributed by atoms with Crippen LogP contribution in [0.2, 0.25) is 0 Å². The molecule has 0 atom stereocenters.